The third kappa shape index (κ3) is 7.11. The van der Waals surface area contributed by atoms with Crippen LogP contribution in [0.15, 0.2) is 0 Å². The second kappa shape index (κ2) is 6.59. The van der Waals surface area contributed by atoms with Gasteiger partial charge in [-0.25, -0.2) is 0 Å². The fraction of sp³-hybridized carbons (Fsp3) is 0.833. The van der Waals surface area contributed by atoms with Crippen molar-refractivity contribution in [2.45, 2.75) is 40.0 Å². The molecule has 0 spiro atoms. The van der Waals surface area contributed by atoms with Crippen molar-refractivity contribution in [2.24, 2.45) is 11.8 Å². The summed E-state index contributed by atoms with van der Waals surface area (Å²) in [6.07, 6.45) is 2.15. The number of Topliss-reactive ketones (excluding diaryl/α,β-unsaturated/α-hetero) is 1. The molecule has 0 N–H and O–H groups in total. The van der Waals surface area contributed by atoms with Gasteiger partial charge in [0.2, 0.25) is 5.91 Å². The molecule has 0 unspecified atom stereocenters. The Morgan fingerprint density at radius 3 is 1.93 bits per heavy atom. The van der Waals surface area contributed by atoms with Crippen molar-refractivity contribution in [1.82, 2.24) is 4.90 Å². The number of carbonyl (C=O) groups is 2. The molecule has 0 aliphatic heterocycles. The molecule has 0 aliphatic carbocycles. The molecule has 0 saturated carbocycles. The lowest BCUT2D eigenvalue weighted by molar-refractivity contribution is -0.129. The van der Waals surface area contributed by atoms with Crippen LogP contribution < -0.4 is 0 Å². The number of hydrogen-bond acceptors (Lipinski definition) is 2. The minimum Gasteiger partial charge on any atom is -0.349 e. The van der Waals surface area contributed by atoms with E-state index in [2.05, 4.69) is 13.8 Å². The van der Waals surface area contributed by atoms with E-state index >= 15 is 0 Å². The van der Waals surface area contributed by atoms with E-state index in [0.717, 1.165) is 6.42 Å². The van der Waals surface area contributed by atoms with E-state index in [1.54, 1.807) is 25.9 Å². The molecular weight excluding hydrogens is 190 g/mol. The average molecular weight is 213 g/mol. The maximum absolute atomic E-state index is 11.4. The number of hydrogen-bond donors (Lipinski definition) is 0. The van der Waals surface area contributed by atoms with Gasteiger partial charge in [-0.15, -0.1) is 0 Å². The van der Waals surface area contributed by atoms with E-state index in [1.165, 1.54) is 0 Å². The van der Waals surface area contributed by atoms with E-state index in [9.17, 15) is 9.59 Å². The van der Waals surface area contributed by atoms with Gasteiger partial charge in [0.05, 0.1) is 0 Å². The monoisotopic (exact) mass is 213 g/mol. The first kappa shape index (κ1) is 14.1. The number of rotatable bonds is 6. The van der Waals surface area contributed by atoms with Crippen molar-refractivity contribution >= 4 is 11.7 Å². The second-order valence-electron chi connectivity index (χ2n) is 4.84. The number of amides is 1. The zero-order valence-corrected chi connectivity index (χ0v) is 10.5. The number of carbonyl (C=O) groups excluding carboxylic acids is 2. The van der Waals surface area contributed by atoms with Gasteiger partial charge in [0, 0.05) is 26.9 Å². The third-order valence-corrected chi connectivity index (χ3v) is 2.46. The van der Waals surface area contributed by atoms with Gasteiger partial charge in [0.1, 0.15) is 5.78 Å². The fourth-order valence-corrected chi connectivity index (χ4v) is 1.82. The molecule has 3 nitrogen and oxygen atoms in total. The molecule has 0 aliphatic rings. The van der Waals surface area contributed by atoms with Crippen molar-refractivity contribution < 1.29 is 9.59 Å². The summed E-state index contributed by atoms with van der Waals surface area (Å²) in [6, 6.07) is 0. The summed E-state index contributed by atoms with van der Waals surface area (Å²) in [5.74, 6) is 1.13. The molecule has 0 rings (SSSR count). The molecule has 0 aromatic heterocycles. The molecule has 0 fully saturated rings. The molecule has 1 amide bonds. The van der Waals surface area contributed by atoms with Crippen LogP contribution in [0.4, 0.5) is 0 Å². The van der Waals surface area contributed by atoms with E-state index in [0.29, 0.717) is 24.7 Å². The van der Waals surface area contributed by atoms with Gasteiger partial charge in [-0.2, -0.15) is 0 Å². The molecule has 3 heteroatoms. The van der Waals surface area contributed by atoms with Crippen LogP contribution >= 0.6 is 0 Å². The lowest BCUT2D eigenvalue weighted by atomic mass is 9.91. The predicted octanol–water partition coefficient (Wildman–Crippen LogP) is 2.11. The summed E-state index contributed by atoms with van der Waals surface area (Å²) in [7, 11) is 3.54. The first-order valence-electron chi connectivity index (χ1n) is 5.52. The number of nitrogens with zero attached hydrogens (tertiary/aromatic N) is 1. The lowest BCUT2D eigenvalue weighted by Gasteiger charge is -2.18. The largest absolute Gasteiger partial charge is 0.349 e. The summed E-state index contributed by atoms with van der Waals surface area (Å²) < 4.78 is 0. The van der Waals surface area contributed by atoms with Gasteiger partial charge in [-0.1, -0.05) is 13.8 Å². The van der Waals surface area contributed by atoms with Crippen LogP contribution in [-0.4, -0.2) is 30.7 Å². The highest BCUT2D eigenvalue weighted by Crippen LogP contribution is 2.18. The van der Waals surface area contributed by atoms with Crippen molar-refractivity contribution in [3.8, 4) is 0 Å². The van der Waals surface area contributed by atoms with Gasteiger partial charge in [0.25, 0.3) is 0 Å². The highest BCUT2D eigenvalue weighted by Gasteiger charge is 2.14. The summed E-state index contributed by atoms with van der Waals surface area (Å²) in [5, 5.41) is 0. The van der Waals surface area contributed by atoms with Crippen LogP contribution in [0.5, 0.6) is 0 Å². The predicted molar refractivity (Wildman–Crippen MR) is 61.6 cm³/mol. The average Bonchev–Trinajstić information content (AvgIpc) is 2.00. The molecule has 88 valence electrons. The van der Waals surface area contributed by atoms with Crippen LogP contribution in [0, 0.1) is 11.8 Å². The maximum Gasteiger partial charge on any atom is 0.222 e. The Hall–Kier alpha value is -0.860. The minimum absolute atomic E-state index is 0.164. The molecule has 0 aromatic rings. The molecule has 15 heavy (non-hydrogen) atoms. The standard InChI is InChI=1S/C12H23NO2/c1-9(7-11(3)14)6-10(2)8-12(15)13(4)5/h9-10H,6-8H2,1-5H3/t9-,10+/m1/s1. The topological polar surface area (TPSA) is 37.4 Å². The first-order valence-corrected chi connectivity index (χ1v) is 5.52. The smallest absolute Gasteiger partial charge is 0.222 e. The van der Waals surface area contributed by atoms with E-state index in [1.807, 2.05) is 0 Å². The Morgan fingerprint density at radius 2 is 1.53 bits per heavy atom. The van der Waals surface area contributed by atoms with Crippen molar-refractivity contribution in [3.05, 3.63) is 0 Å². The van der Waals surface area contributed by atoms with Crippen molar-refractivity contribution in [1.29, 1.82) is 0 Å². The van der Waals surface area contributed by atoms with Gasteiger partial charge >= 0.3 is 0 Å². The van der Waals surface area contributed by atoms with Crippen LogP contribution in [0.25, 0.3) is 0 Å². The Bertz CT molecular complexity index is 224. The van der Waals surface area contributed by atoms with Crippen LogP contribution in [0.3, 0.4) is 0 Å². The molecule has 2 atom stereocenters. The molecule has 0 heterocycles. The minimum atomic E-state index is 0.164. The first-order chi connectivity index (χ1) is 6.82. The molecule has 0 saturated heterocycles. The molecule has 0 bridgehead atoms. The third-order valence-electron chi connectivity index (χ3n) is 2.46. The zero-order chi connectivity index (χ0) is 12.0. The van der Waals surface area contributed by atoms with E-state index < -0.39 is 0 Å². The quantitative estimate of drug-likeness (QED) is 0.677. The highest BCUT2D eigenvalue weighted by molar-refractivity contribution is 5.76. The van der Waals surface area contributed by atoms with Gasteiger partial charge in [-0.3, -0.25) is 4.79 Å². The van der Waals surface area contributed by atoms with E-state index in [-0.39, 0.29) is 11.7 Å². The molecule has 0 radical (unpaired) electrons. The van der Waals surface area contributed by atoms with E-state index in [4.69, 9.17) is 0 Å². The molecular formula is C12H23NO2. The van der Waals surface area contributed by atoms with Crippen LogP contribution in [0.1, 0.15) is 40.0 Å². The summed E-state index contributed by atoms with van der Waals surface area (Å²) in [5.41, 5.74) is 0. The summed E-state index contributed by atoms with van der Waals surface area (Å²) >= 11 is 0. The van der Waals surface area contributed by atoms with Crippen LogP contribution in [0.2, 0.25) is 0 Å². The normalized spacial score (nSPS) is 14.5. The van der Waals surface area contributed by atoms with Gasteiger partial charge < -0.3 is 9.69 Å². The SMILES string of the molecule is CC(=O)C[C@H](C)C[C@H](C)CC(=O)N(C)C. The van der Waals surface area contributed by atoms with Gasteiger partial charge in [0.15, 0.2) is 0 Å². The Morgan fingerprint density at radius 1 is 1.07 bits per heavy atom. The van der Waals surface area contributed by atoms with Crippen molar-refractivity contribution in [2.75, 3.05) is 14.1 Å². The summed E-state index contributed by atoms with van der Waals surface area (Å²) in [6.45, 7) is 5.75. The Labute approximate surface area is 92.8 Å². The summed E-state index contributed by atoms with van der Waals surface area (Å²) in [4.78, 5) is 23.9. The van der Waals surface area contributed by atoms with Gasteiger partial charge in [-0.05, 0) is 25.2 Å². The fourth-order valence-electron chi connectivity index (χ4n) is 1.82. The number of ketones is 1. The van der Waals surface area contributed by atoms with Crippen LogP contribution in [-0.2, 0) is 9.59 Å². The Balaban J connectivity index is 3.87. The maximum atomic E-state index is 11.4. The zero-order valence-electron chi connectivity index (χ0n) is 10.5. The Kier molecular flexibility index (Phi) is 6.21. The molecule has 0 aromatic carbocycles. The second-order valence-corrected chi connectivity index (χ2v) is 4.84. The highest BCUT2D eigenvalue weighted by atomic mass is 16.2. The van der Waals surface area contributed by atoms with Crippen molar-refractivity contribution in [3.63, 3.8) is 0 Å². The lowest BCUT2D eigenvalue weighted by Crippen LogP contribution is -2.24.